The molecule has 0 bridgehead atoms. The normalized spacial score (nSPS) is 21.7. The molecule has 0 aromatic heterocycles. The fourth-order valence-electron chi connectivity index (χ4n) is 3.25. The summed E-state index contributed by atoms with van der Waals surface area (Å²) in [4.78, 5) is 9.85. The summed E-state index contributed by atoms with van der Waals surface area (Å²) in [6, 6.07) is 8.52. The van der Waals surface area contributed by atoms with Crippen LogP contribution in [0.5, 0.6) is 0 Å². The molecule has 0 atom stereocenters. The lowest BCUT2D eigenvalue weighted by Gasteiger charge is -2.34. The third kappa shape index (κ3) is 2.44. The van der Waals surface area contributed by atoms with Crippen LogP contribution in [0.3, 0.4) is 0 Å². The number of hydrogen-bond acceptors (Lipinski definition) is 4. The Morgan fingerprint density at radius 3 is 2.64 bits per heavy atom. The van der Waals surface area contributed by atoms with Crippen molar-refractivity contribution in [3.05, 3.63) is 53.4 Å². The second kappa shape index (κ2) is 5.61. The third-order valence-electron chi connectivity index (χ3n) is 4.60. The molecule has 4 rings (SSSR count). The van der Waals surface area contributed by atoms with Crippen LogP contribution in [0.25, 0.3) is 0 Å². The molecule has 22 heavy (non-hydrogen) atoms. The molecule has 4 nitrogen and oxygen atoms in total. The largest absolute Gasteiger partial charge is 0.353 e. The molecule has 1 fully saturated rings. The van der Waals surface area contributed by atoms with Crippen LogP contribution >= 0.6 is 0 Å². The van der Waals surface area contributed by atoms with Crippen molar-refractivity contribution in [2.24, 2.45) is 4.99 Å². The van der Waals surface area contributed by atoms with Gasteiger partial charge in [0.25, 0.3) is 0 Å². The molecule has 4 heteroatoms. The quantitative estimate of drug-likeness (QED) is 0.798. The summed E-state index contributed by atoms with van der Waals surface area (Å²) in [6.07, 6.45) is 6.69. The van der Waals surface area contributed by atoms with Crippen LogP contribution in [-0.4, -0.2) is 48.9 Å². The number of anilines is 1. The van der Waals surface area contributed by atoms with E-state index in [9.17, 15) is 0 Å². The Morgan fingerprint density at radius 1 is 1.00 bits per heavy atom. The van der Waals surface area contributed by atoms with Gasteiger partial charge in [0.15, 0.2) is 0 Å². The molecule has 114 valence electrons. The Labute approximate surface area is 131 Å². The summed E-state index contributed by atoms with van der Waals surface area (Å²) in [6.45, 7) is 4.26. The lowest BCUT2D eigenvalue weighted by atomic mass is 10.1. The van der Waals surface area contributed by atoms with Crippen molar-refractivity contribution in [2.75, 3.05) is 38.5 Å². The van der Waals surface area contributed by atoms with E-state index in [1.807, 2.05) is 0 Å². The number of amidine groups is 1. The van der Waals surface area contributed by atoms with Gasteiger partial charge in [-0.1, -0.05) is 24.3 Å². The van der Waals surface area contributed by atoms with Crippen molar-refractivity contribution in [1.29, 1.82) is 0 Å². The number of piperazine rings is 1. The maximum absolute atomic E-state index is 5.04. The van der Waals surface area contributed by atoms with Crippen LogP contribution < -0.4 is 5.32 Å². The highest BCUT2D eigenvalue weighted by atomic mass is 15.3. The molecule has 1 aromatic carbocycles. The van der Waals surface area contributed by atoms with E-state index in [1.165, 1.54) is 5.56 Å². The number of nitrogens with zero attached hydrogens (tertiary/aromatic N) is 3. The van der Waals surface area contributed by atoms with Gasteiger partial charge in [-0.25, -0.2) is 4.99 Å². The number of nitrogens with one attached hydrogen (secondary N) is 1. The number of likely N-dealkylation sites (N-methyl/N-ethyl adjacent to an activating group) is 1. The molecular formula is C18H22N4. The lowest BCUT2D eigenvalue weighted by Crippen LogP contribution is -2.47. The Kier molecular flexibility index (Phi) is 3.47. The van der Waals surface area contributed by atoms with Crippen molar-refractivity contribution in [1.82, 2.24) is 9.80 Å². The molecular weight excluding hydrogens is 272 g/mol. The van der Waals surface area contributed by atoms with Gasteiger partial charge >= 0.3 is 0 Å². The van der Waals surface area contributed by atoms with Gasteiger partial charge in [-0.15, -0.1) is 0 Å². The Hall–Kier alpha value is -2.07. The van der Waals surface area contributed by atoms with Crippen molar-refractivity contribution in [3.8, 4) is 0 Å². The number of rotatable bonds is 0. The molecule has 2 aliphatic heterocycles. The molecule has 0 amide bonds. The van der Waals surface area contributed by atoms with E-state index in [4.69, 9.17) is 4.99 Å². The molecule has 2 heterocycles. The van der Waals surface area contributed by atoms with Gasteiger partial charge in [-0.2, -0.15) is 0 Å². The SMILES string of the molecule is CN1CCN(C2=NC3=CCCC=C3Nc3ccccc32)CC1. The van der Waals surface area contributed by atoms with Crippen LogP contribution in [0.2, 0.25) is 0 Å². The van der Waals surface area contributed by atoms with E-state index < -0.39 is 0 Å². The first-order chi connectivity index (χ1) is 10.8. The summed E-state index contributed by atoms with van der Waals surface area (Å²) < 4.78 is 0. The van der Waals surface area contributed by atoms with Crippen LogP contribution in [0, 0.1) is 0 Å². The minimum atomic E-state index is 1.04. The number of fused-ring (bicyclic) bond motifs is 2. The number of allylic oxidation sites excluding steroid dienone is 2. The van der Waals surface area contributed by atoms with Gasteiger partial charge in [-0.3, -0.25) is 0 Å². The van der Waals surface area contributed by atoms with E-state index >= 15 is 0 Å². The highest BCUT2D eigenvalue weighted by Gasteiger charge is 2.24. The number of benzene rings is 1. The van der Waals surface area contributed by atoms with Gasteiger partial charge < -0.3 is 15.1 Å². The maximum atomic E-state index is 5.04. The topological polar surface area (TPSA) is 30.9 Å². The van der Waals surface area contributed by atoms with Crippen molar-refractivity contribution < 1.29 is 0 Å². The molecule has 0 saturated carbocycles. The van der Waals surface area contributed by atoms with Gasteiger partial charge in [0.2, 0.25) is 0 Å². The monoisotopic (exact) mass is 294 g/mol. The Morgan fingerprint density at radius 2 is 1.77 bits per heavy atom. The zero-order valence-corrected chi connectivity index (χ0v) is 13.0. The van der Waals surface area contributed by atoms with E-state index in [2.05, 4.69) is 58.6 Å². The predicted molar refractivity (Wildman–Crippen MR) is 91.1 cm³/mol. The van der Waals surface area contributed by atoms with E-state index in [0.717, 1.165) is 61.9 Å². The summed E-state index contributed by atoms with van der Waals surface area (Å²) in [5, 5.41) is 3.58. The molecule has 0 radical (unpaired) electrons. The maximum Gasteiger partial charge on any atom is 0.138 e. The van der Waals surface area contributed by atoms with Crippen molar-refractivity contribution in [3.63, 3.8) is 0 Å². The molecule has 3 aliphatic rings. The fourth-order valence-corrected chi connectivity index (χ4v) is 3.25. The summed E-state index contributed by atoms with van der Waals surface area (Å²) in [5.41, 5.74) is 4.62. The van der Waals surface area contributed by atoms with Crippen LogP contribution in [0.15, 0.2) is 52.8 Å². The predicted octanol–water partition coefficient (Wildman–Crippen LogP) is 2.67. The Balaban J connectivity index is 1.78. The van der Waals surface area contributed by atoms with Gasteiger partial charge in [0.1, 0.15) is 5.84 Å². The van der Waals surface area contributed by atoms with Crippen LogP contribution in [0.4, 0.5) is 5.69 Å². The molecule has 0 spiro atoms. The smallest absolute Gasteiger partial charge is 0.138 e. The summed E-state index contributed by atoms with van der Waals surface area (Å²) in [7, 11) is 2.19. The average Bonchev–Trinajstić information content (AvgIpc) is 2.72. The summed E-state index contributed by atoms with van der Waals surface area (Å²) in [5.74, 6) is 1.12. The van der Waals surface area contributed by atoms with Crippen LogP contribution in [0.1, 0.15) is 18.4 Å². The van der Waals surface area contributed by atoms with Gasteiger partial charge in [0.05, 0.1) is 11.4 Å². The molecule has 1 saturated heterocycles. The molecule has 0 unspecified atom stereocenters. The highest BCUT2D eigenvalue weighted by molar-refractivity contribution is 6.05. The standard InChI is InChI=1S/C18H22N4/c1-21-10-12-22(13-11-21)18-14-6-2-3-7-15(14)19-16-8-4-5-9-17(16)20-18/h2-3,6-9,19H,4-5,10-13H2,1H3. The van der Waals surface area contributed by atoms with Crippen molar-refractivity contribution >= 4 is 11.5 Å². The summed E-state index contributed by atoms with van der Waals surface area (Å²) >= 11 is 0. The minimum Gasteiger partial charge on any atom is -0.353 e. The molecule has 1 aromatic rings. The lowest BCUT2D eigenvalue weighted by molar-refractivity contribution is 0.216. The van der Waals surface area contributed by atoms with Gasteiger partial charge in [0, 0.05) is 37.4 Å². The first-order valence-electron chi connectivity index (χ1n) is 8.10. The van der Waals surface area contributed by atoms with Crippen molar-refractivity contribution in [2.45, 2.75) is 12.8 Å². The fraction of sp³-hybridized carbons (Fsp3) is 0.389. The van der Waals surface area contributed by atoms with Gasteiger partial charge in [-0.05, 0) is 32.0 Å². The highest BCUT2D eigenvalue weighted by Crippen LogP contribution is 2.30. The second-order valence-electron chi connectivity index (χ2n) is 6.18. The van der Waals surface area contributed by atoms with Crippen LogP contribution in [-0.2, 0) is 0 Å². The zero-order valence-electron chi connectivity index (χ0n) is 13.0. The first kappa shape index (κ1) is 13.6. The minimum absolute atomic E-state index is 1.04. The average molecular weight is 294 g/mol. The zero-order chi connectivity index (χ0) is 14.9. The van der Waals surface area contributed by atoms with E-state index in [0.29, 0.717) is 0 Å². The first-order valence-corrected chi connectivity index (χ1v) is 8.10. The number of para-hydroxylation sites is 1. The molecule has 1 N–H and O–H groups in total. The van der Waals surface area contributed by atoms with E-state index in [-0.39, 0.29) is 0 Å². The third-order valence-corrected chi connectivity index (χ3v) is 4.60. The molecule has 1 aliphatic carbocycles. The number of aliphatic imine (C=N–C) groups is 1. The number of hydrogen-bond donors (Lipinski definition) is 1. The second-order valence-corrected chi connectivity index (χ2v) is 6.18. The van der Waals surface area contributed by atoms with E-state index in [1.54, 1.807) is 0 Å². The Bertz CT molecular complexity index is 663.